The molecule has 0 spiro atoms. The molecule has 2 aromatic heterocycles. The van der Waals surface area contributed by atoms with Gasteiger partial charge < -0.3 is 9.26 Å². The number of rotatable bonds is 7. The van der Waals surface area contributed by atoms with Crippen LogP contribution in [-0.4, -0.2) is 19.9 Å². The van der Waals surface area contributed by atoms with Crippen LogP contribution < -0.4 is 4.74 Å². The fourth-order valence-electron chi connectivity index (χ4n) is 2.53. The minimum atomic E-state index is 0.344. The number of hydrogen-bond acceptors (Lipinski definition) is 6. The molecule has 3 aromatic rings. The smallest absolute Gasteiger partial charge is 0.191 e. The van der Waals surface area contributed by atoms with Gasteiger partial charge in [-0.15, -0.1) is 10.2 Å². The lowest BCUT2D eigenvalue weighted by Gasteiger charge is -2.10. The second kappa shape index (κ2) is 7.09. The molecule has 0 unspecified atom stereocenters. The molecule has 1 saturated carbocycles. The molecule has 1 aliphatic carbocycles. The maximum atomic E-state index is 6.14. The number of aromatic nitrogens is 4. The second-order valence-electron chi connectivity index (χ2n) is 5.94. The van der Waals surface area contributed by atoms with Gasteiger partial charge in [-0.05, 0) is 31.9 Å². The molecule has 25 heavy (non-hydrogen) atoms. The number of hydrogen-bond donors (Lipinski definition) is 0. The number of nitrogens with zero attached hydrogens (tertiary/aromatic N) is 4. The molecule has 0 atom stereocenters. The molecule has 1 aliphatic rings. The average Bonchev–Trinajstić information content (AvgIpc) is 3.23. The predicted octanol–water partition coefficient (Wildman–Crippen LogP) is 4.43. The first-order valence-electron chi connectivity index (χ1n) is 8.07. The SMILES string of the molecule is Cc1cc(CSc2nnc(COc3ccccc3Cl)n2C2CC2)no1. The molecule has 1 aromatic carbocycles. The van der Waals surface area contributed by atoms with E-state index >= 15 is 0 Å². The zero-order valence-corrected chi connectivity index (χ0v) is 15.3. The summed E-state index contributed by atoms with van der Waals surface area (Å²) in [5.74, 6) is 2.99. The van der Waals surface area contributed by atoms with Gasteiger partial charge in [-0.3, -0.25) is 4.57 Å². The van der Waals surface area contributed by atoms with E-state index in [1.807, 2.05) is 37.3 Å². The number of benzene rings is 1. The van der Waals surface area contributed by atoms with E-state index in [2.05, 4.69) is 19.9 Å². The van der Waals surface area contributed by atoms with Crippen molar-refractivity contribution >= 4 is 23.4 Å². The highest BCUT2D eigenvalue weighted by molar-refractivity contribution is 7.98. The summed E-state index contributed by atoms with van der Waals surface area (Å²) in [6.07, 6.45) is 2.29. The van der Waals surface area contributed by atoms with Crippen molar-refractivity contribution in [3.63, 3.8) is 0 Å². The molecule has 0 radical (unpaired) electrons. The van der Waals surface area contributed by atoms with Crippen LogP contribution in [-0.2, 0) is 12.4 Å². The molecule has 0 saturated heterocycles. The van der Waals surface area contributed by atoms with E-state index in [1.165, 1.54) is 0 Å². The van der Waals surface area contributed by atoms with Crippen LogP contribution in [0.1, 0.15) is 36.2 Å². The van der Waals surface area contributed by atoms with E-state index in [0.717, 1.165) is 35.3 Å². The highest BCUT2D eigenvalue weighted by atomic mass is 35.5. The molecule has 2 heterocycles. The van der Waals surface area contributed by atoms with Crippen LogP contribution in [0.25, 0.3) is 0 Å². The third-order valence-corrected chi connectivity index (χ3v) is 5.16. The Bertz CT molecular complexity index is 875. The van der Waals surface area contributed by atoms with Crippen LogP contribution in [0.2, 0.25) is 5.02 Å². The van der Waals surface area contributed by atoms with E-state index in [-0.39, 0.29) is 0 Å². The highest BCUT2D eigenvalue weighted by Gasteiger charge is 2.30. The van der Waals surface area contributed by atoms with Crippen LogP contribution in [0.5, 0.6) is 5.75 Å². The third kappa shape index (κ3) is 3.82. The summed E-state index contributed by atoms with van der Waals surface area (Å²) in [5.41, 5.74) is 0.904. The van der Waals surface area contributed by atoms with E-state index in [9.17, 15) is 0 Å². The number of para-hydroxylation sites is 1. The largest absolute Gasteiger partial charge is 0.484 e. The Kier molecular flexibility index (Phi) is 4.67. The van der Waals surface area contributed by atoms with Gasteiger partial charge in [-0.1, -0.05) is 40.7 Å². The van der Waals surface area contributed by atoms with Crippen molar-refractivity contribution in [2.75, 3.05) is 0 Å². The van der Waals surface area contributed by atoms with Crippen molar-refractivity contribution < 1.29 is 9.26 Å². The van der Waals surface area contributed by atoms with Crippen molar-refractivity contribution in [2.45, 2.75) is 43.3 Å². The van der Waals surface area contributed by atoms with Gasteiger partial charge >= 0.3 is 0 Å². The lowest BCUT2D eigenvalue weighted by Crippen LogP contribution is -2.07. The quantitative estimate of drug-likeness (QED) is 0.568. The van der Waals surface area contributed by atoms with Gasteiger partial charge in [-0.2, -0.15) is 0 Å². The van der Waals surface area contributed by atoms with E-state index in [0.29, 0.717) is 29.2 Å². The minimum Gasteiger partial charge on any atom is -0.484 e. The highest BCUT2D eigenvalue weighted by Crippen LogP contribution is 2.39. The van der Waals surface area contributed by atoms with Gasteiger partial charge in [0.2, 0.25) is 0 Å². The van der Waals surface area contributed by atoms with Crippen LogP contribution in [0.15, 0.2) is 40.0 Å². The standard InChI is InChI=1S/C17H17ClN4O2S/c1-11-8-12(21-24-11)10-25-17-20-19-16(22(17)13-6-7-13)9-23-15-5-3-2-4-14(15)18/h2-5,8,13H,6-7,9-10H2,1H3. The Labute approximate surface area is 154 Å². The molecule has 1 fully saturated rings. The second-order valence-corrected chi connectivity index (χ2v) is 7.29. The van der Waals surface area contributed by atoms with Crippen molar-refractivity contribution in [3.8, 4) is 5.75 Å². The molecule has 4 rings (SSSR count). The van der Waals surface area contributed by atoms with Gasteiger partial charge in [-0.25, -0.2) is 0 Å². The lowest BCUT2D eigenvalue weighted by molar-refractivity contribution is 0.288. The maximum Gasteiger partial charge on any atom is 0.191 e. The molecule has 0 N–H and O–H groups in total. The van der Waals surface area contributed by atoms with Crippen molar-refractivity contribution in [1.29, 1.82) is 0 Å². The van der Waals surface area contributed by atoms with Crippen molar-refractivity contribution in [1.82, 2.24) is 19.9 Å². The predicted molar refractivity (Wildman–Crippen MR) is 94.9 cm³/mol. The molecular weight excluding hydrogens is 360 g/mol. The molecule has 0 aliphatic heterocycles. The van der Waals surface area contributed by atoms with Crippen LogP contribution in [0.4, 0.5) is 0 Å². The Morgan fingerprint density at radius 1 is 1.32 bits per heavy atom. The van der Waals surface area contributed by atoms with Crippen LogP contribution >= 0.6 is 23.4 Å². The van der Waals surface area contributed by atoms with E-state index < -0.39 is 0 Å². The first-order valence-corrected chi connectivity index (χ1v) is 9.43. The summed E-state index contributed by atoms with van der Waals surface area (Å²) >= 11 is 7.75. The Morgan fingerprint density at radius 2 is 2.16 bits per heavy atom. The number of halogens is 1. The van der Waals surface area contributed by atoms with Gasteiger partial charge in [0.1, 0.15) is 18.1 Å². The molecular formula is C17H17ClN4O2S. The van der Waals surface area contributed by atoms with Crippen LogP contribution in [0.3, 0.4) is 0 Å². The zero-order valence-electron chi connectivity index (χ0n) is 13.7. The van der Waals surface area contributed by atoms with Crippen molar-refractivity contribution in [3.05, 3.63) is 52.6 Å². The summed E-state index contributed by atoms with van der Waals surface area (Å²) in [6.45, 7) is 2.23. The van der Waals surface area contributed by atoms with E-state index in [1.54, 1.807) is 11.8 Å². The number of ether oxygens (including phenoxy) is 1. The van der Waals surface area contributed by atoms with Gasteiger partial charge in [0.05, 0.1) is 10.7 Å². The van der Waals surface area contributed by atoms with E-state index in [4.69, 9.17) is 20.9 Å². The summed E-state index contributed by atoms with van der Waals surface area (Å²) < 4.78 is 13.1. The Hall–Kier alpha value is -1.99. The summed E-state index contributed by atoms with van der Waals surface area (Å²) in [7, 11) is 0. The fraction of sp³-hybridized carbons (Fsp3) is 0.353. The average molecular weight is 377 g/mol. The first-order chi connectivity index (χ1) is 12.2. The van der Waals surface area contributed by atoms with Crippen LogP contribution in [0, 0.1) is 6.92 Å². The first kappa shape index (κ1) is 16.5. The normalized spacial score (nSPS) is 14.0. The summed E-state index contributed by atoms with van der Waals surface area (Å²) in [6, 6.07) is 9.83. The zero-order chi connectivity index (χ0) is 17.2. The molecule has 0 bridgehead atoms. The Balaban J connectivity index is 1.47. The maximum absolute atomic E-state index is 6.14. The monoisotopic (exact) mass is 376 g/mol. The third-order valence-electron chi connectivity index (χ3n) is 3.87. The number of thioether (sulfide) groups is 1. The minimum absolute atomic E-state index is 0.344. The molecule has 8 heteroatoms. The molecule has 6 nitrogen and oxygen atoms in total. The van der Waals surface area contributed by atoms with Gasteiger partial charge in [0.25, 0.3) is 0 Å². The van der Waals surface area contributed by atoms with Gasteiger partial charge in [0.15, 0.2) is 11.0 Å². The molecule has 130 valence electrons. The summed E-state index contributed by atoms with van der Waals surface area (Å²) in [5, 5.41) is 14.2. The van der Waals surface area contributed by atoms with Crippen molar-refractivity contribution in [2.24, 2.45) is 0 Å². The summed E-state index contributed by atoms with van der Waals surface area (Å²) in [4.78, 5) is 0. The van der Waals surface area contributed by atoms with Gasteiger partial charge in [0, 0.05) is 17.9 Å². The molecule has 0 amide bonds. The topological polar surface area (TPSA) is 66.0 Å². The lowest BCUT2D eigenvalue weighted by atomic mass is 10.3. The number of aryl methyl sites for hydroxylation is 1. The fourth-order valence-corrected chi connectivity index (χ4v) is 3.63. The Morgan fingerprint density at radius 3 is 2.88 bits per heavy atom.